The lowest BCUT2D eigenvalue weighted by Gasteiger charge is -2.12. The van der Waals surface area contributed by atoms with Crippen LogP contribution in [-0.4, -0.2) is 19.7 Å². The van der Waals surface area contributed by atoms with Crippen molar-refractivity contribution in [2.45, 2.75) is 19.3 Å². The van der Waals surface area contributed by atoms with Gasteiger partial charge in [-0.3, -0.25) is 0 Å². The highest BCUT2D eigenvalue weighted by Gasteiger charge is 2.03. The quantitative estimate of drug-likeness (QED) is 0.536. The highest BCUT2D eigenvalue weighted by Crippen LogP contribution is 2.12. The van der Waals surface area contributed by atoms with Gasteiger partial charge in [0.05, 0.1) is 12.9 Å². The lowest BCUT2D eigenvalue weighted by molar-refractivity contribution is 0.244. The maximum atomic E-state index is 5.05. The number of hydrogen-bond donors (Lipinski definition) is 1. The van der Waals surface area contributed by atoms with Gasteiger partial charge in [0.15, 0.2) is 0 Å². The van der Waals surface area contributed by atoms with E-state index in [-0.39, 0.29) is 0 Å². The summed E-state index contributed by atoms with van der Waals surface area (Å²) in [5, 5.41) is 3.43. The Morgan fingerprint density at radius 3 is 2.81 bits per heavy atom. The zero-order chi connectivity index (χ0) is 11.6. The third-order valence-corrected chi connectivity index (χ3v) is 2.55. The summed E-state index contributed by atoms with van der Waals surface area (Å²) in [5.74, 6) is 0.557. The molecule has 88 valence electrons. The molecule has 0 aromatic heterocycles. The van der Waals surface area contributed by atoms with Crippen molar-refractivity contribution in [3.8, 4) is 0 Å². The lowest BCUT2D eigenvalue weighted by atomic mass is 10.0. The van der Waals surface area contributed by atoms with Crippen LogP contribution in [0.5, 0.6) is 0 Å². The van der Waals surface area contributed by atoms with Gasteiger partial charge in [-0.15, -0.1) is 0 Å². The Balaban J connectivity index is 2.11. The van der Waals surface area contributed by atoms with Gasteiger partial charge in [-0.25, -0.2) is 0 Å². The number of benzene rings is 1. The highest BCUT2D eigenvalue weighted by molar-refractivity contribution is 5.18. The molecule has 1 unspecified atom stereocenters. The van der Waals surface area contributed by atoms with E-state index in [9.17, 15) is 0 Å². The van der Waals surface area contributed by atoms with Crippen molar-refractivity contribution >= 4 is 0 Å². The molecule has 0 saturated heterocycles. The van der Waals surface area contributed by atoms with E-state index in [1.807, 2.05) is 0 Å². The van der Waals surface area contributed by atoms with Crippen LogP contribution in [0.3, 0.4) is 0 Å². The van der Waals surface area contributed by atoms with Crippen molar-refractivity contribution in [1.82, 2.24) is 5.32 Å². The predicted octanol–water partition coefficient (Wildman–Crippen LogP) is 2.93. The molecule has 0 aliphatic rings. The second-order valence-electron chi connectivity index (χ2n) is 3.91. The molecule has 1 aromatic carbocycles. The first-order valence-corrected chi connectivity index (χ1v) is 5.82. The van der Waals surface area contributed by atoms with Crippen molar-refractivity contribution in [3.63, 3.8) is 0 Å². The molecule has 0 bridgehead atoms. The molecule has 0 amide bonds. The fraction of sp³-hybridized carbons (Fsp3) is 0.429. The minimum absolute atomic E-state index is 0.557. The second-order valence-corrected chi connectivity index (χ2v) is 3.91. The Labute approximate surface area is 98.3 Å². The van der Waals surface area contributed by atoms with Crippen LogP contribution in [0.2, 0.25) is 0 Å². The first-order chi connectivity index (χ1) is 7.84. The summed E-state index contributed by atoms with van der Waals surface area (Å²) in [6, 6.07) is 10.6. The van der Waals surface area contributed by atoms with Crippen LogP contribution in [0.25, 0.3) is 0 Å². The van der Waals surface area contributed by atoms with Gasteiger partial charge >= 0.3 is 0 Å². The van der Waals surface area contributed by atoms with Gasteiger partial charge < -0.3 is 10.1 Å². The molecule has 0 aliphatic carbocycles. The monoisotopic (exact) mass is 219 g/mol. The van der Waals surface area contributed by atoms with E-state index in [4.69, 9.17) is 4.74 Å². The van der Waals surface area contributed by atoms with Gasteiger partial charge in [-0.2, -0.15) is 0 Å². The standard InChI is InChI=1S/C14H21NO/c1-3-16-11-7-10-15-12-13(2)14-8-5-4-6-9-14/h3-6,8-9,13,15H,1,7,10-12H2,2H3. The molecule has 16 heavy (non-hydrogen) atoms. The third kappa shape index (κ3) is 4.99. The Morgan fingerprint density at radius 2 is 2.12 bits per heavy atom. The SMILES string of the molecule is C=COCCCNCC(C)c1ccccc1. The minimum atomic E-state index is 0.557. The molecule has 0 heterocycles. The molecule has 0 saturated carbocycles. The fourth-order valence-corrected chi connectivity index (χ4v) is 1.58. The summed E-state index contributed by atoms with van der Waals surface area (Å²) >= 11 is 0. The van der Waals surface area contributed by atoms with E-state index >= 15 is 0 Å². The van der Waals surface area contributed by atoms with E-state index in [1.54, 1.807) is 0 Å². The van der Waals surface area contributed by atoms with Crippen molar-refractivity contribution in [2.75, 3.05) is 19.7 Å². The summed E-state index contributed by atoms with van der Waals surface area (Å²) in [5.41, 5.74) is 1.39. The van der Waals surface area contributed by atoms with Crippen molar-refractivity contribution in [1.29, 1.82) is 0 Å². The average molecular weight is 219 g/mol. The first-order valence-electron chi connectivity index (χ1n) is 5.82. The molecule has 1 rings (SSSR count). The van der Waals surface area contributed by atoms with Crippen LogP contribution in [0, 0.1) is 0 Å². The van der Waals surface area contributed by atoms with Gasteiger partial charge in [-0.05, 0) is 24.4 Å². The van der Waals surface area contributed by atoms with Crippen molar-refractivity contribution < 1.29 is 4.74 Å². The van der Waals surface area contributed by atoms with Crippen LogP contribution >= 0.6 is 0 Å². The molecule has 1 aromatic rings. The van der Waals surface area contributed by atoms with E-state index in [2.05, 4.69) is 49.2 Å². The van der Waals surface area contributed by atoms with Gasteiger partial charge in [0.1, 0.15) is 0 Å². The first kappa shape index (κ1) is 12.8. The number of ether oxygens (including phenoxy) is 1. The molecule has 1 atom stereocenters. The van der Waals surface area contributed by atoms with Gasteiger partial charge in [-0.1, -0.05) is 43.8 Å². The Kier molecular flexibility index (Phi) is 6.35. The number of hydrogen-bond acceptors (Lipinski definition) is 2. The van der Waals surface area contributed by atoms with Gasteiger partial charge in [0, 0.05) is 6.54 Å². The molecule has 0 fully saturated rings. The zero-order valence-corrected chi connectivity index (χ0v) is 9.99. The van der Waals surface area contributed by atoms with Crippen LogP contribution in [0.1, 0.15) is 24.8 Å². The maximum Gasteiger partial charge on any atom is 0.0885 e. The summed E-state index contributed by atoms with van der Waals surface area (Å²) in [4.78, 5) is 0. The second kappa shape index (κ2) is 7.94. The molecule has 2 heteroatoms. The molecule has 0 spiro atoms. The summed E-state index contributed by atoms with van der Waals surface area (Å²) < 4.78 is 5.05. The fourth-order valence-electron chi connectivity index (χ4n) is 1.58. The smallest absolute Gasteiger partial charge is 0.0885 e. The largest absolute Gasteiger partial charge is 0.502 e. The highest BCUT2D eigenvalue weighted by atomic mass is 16.5. The zero-order valence-electron chi connectivity index (χ0n) is 9.99. The molecule has 0 aliphatic heterocycles. The normalized spacial score (nSPS) is 12.1. The van der Waals surface area contributed by atoms with E-state index in [1.165, 1.54) is 11.8 Å². The molecule has 2 nitrogen and oxygen atoms in total. The maximum absolute atomic E-state index is 5.05. The topological polar surface area (TPSA) is 21.3 Å². The predicted molar refractivity (Wildman–Crippen MR) is 68.5 cm³/mol. The Morgan fingerprint density at radius 1 is 1.38 bits per heavy atom. The van der Waals surface area contributed by atoms with Gasteiger partial charge in [0.25, 0.3) is 0 Å². The Hall–Kier alpha value is -1.28. The number of nitrogens with one attached hydrogen (secondary N) is 1. The molecular weight excluding hydrogens is 198 g/mol. The minimum Gasteiger partial charge on any atom is -0.502 e. The Bertz CT molecular complexity index is 284. The van der Waals surface area contributed by atoms with E-state index in [0.717, 1.165) is 26.1 Å². The van der Waals surface area contributed by atoms with Crippen molar-refractivity contribution in [3.05, 3.63) is 48.7 Å². The summed E-state index contributed by atoms with van der Waals surface area (Å²) in [6.45, 7) is 8.49. The summed E-state index contributed by atoms with van der Waals surface area (Å²) in [7, 11) is 0. The van der Waals surface area contributed by atoms with E-state index in [0.29, 0.717) is 5.92 Å². The lowest BCUT2D eigenvalue weighted by Crippen LogP contribution is -2.22. The third-order valence-electron chi connectivity index (χ3n) is 2.55. The summed E-state index contributed by atoms with van der Waals surface area (Å²) in [6.07, 6.45) is 2.51. The van der Waals surface area contributed by atoms with E-state index < -0.39 is 0 Å². The van der Waals surface area contributed by atoms with Crippen LogP contribution in [0.15, 0.2) is 43.2 Å². The number of rotatable bonds is 8. The average Bonchev–Trinajstić information content (AvgIpc) is 2.34. The van der Waals surface area contributed by atoms with Crippen LogP contribution < -0.4 is 5.32 Å². The molecule has 0 radical (unpaired) electrons. The van der Waals surface area contributed by atoms with Crippen LogP contribution in [-0.2, 0) is 4.74 Å². The van der Waals surface area contributed by atoms with Crippen molar-refractivity contribution in [2.24, 2.45) is 0 Å². The van der Waals surface area contributed by atoms with Crippen LogP contribution in [0.4, 0.5) is 0 Å². The van der Waals surface area contributed by atoms with Gasteiger partial charge in [0.2, 0.25) is 0 Å². The molecule has 1 N–H and O–H groups in total. The molecular formula is C14H21NO.